The molecule has 5 rings (SSSR count). The zero-order valence-corrected chi connectivity index (χ0v) is 19.8. The molecule has 0 radical (unpaired) electrons. The minimum absolute atomic E-state index is 0.00791. The van der Waals surface area contributed by atoms with Crippen molar-refractivity contribution in [2.75, 3.05) is 32.7 Å². The van der Waals surface area contributed by atoms with Gasteiger partial charge in [-0.2, -0.15) is 0 Å². The average Bonchev–Trinajstić information content (AvgIpc) is 3.39. The average molecular weight is 455 g/mol. The van der Waals surface area contributed by atoms with Crippen LogP contribution in [0.1, 0.15) is 54.6 Å². The van der Waals surface area contributed by atoms with Crippen LogP contribution < -0.4 is 0 Å². The number of hydrogen-bond donors (Lipinski definition) is 0. The first-order valence-electron chi connectivity index (χ1n) is 12.6. The maximum absolute atomic E-state index is 5.62. The van der Waals surface area contributed by atoms with Crippen LogP contribution in [0.3, 0.4) is 0 Å². The zero-order chi connectivity index (χ0) is 23.0. The van der Waals surface area contributed by atoms with E-state index in [9.17, 15) is 0 Å². The predicted octanol–water partition coefficient (Wildman–Crippen LogP) is 5.48. The second-order valence-electron chi connectivity index (χ2n) is 9.27. The van der Waals surface area contributed by atoms with Crippen LogP contribution >= 0.6 is 0 Å². The second-order valence-corrected chi connectivity index (χ2v) is 9.27. The molecule has 2 aliphatic rings. The van der Waals surface area contributed by atoms with Crippen molar-refractivity contribution in [3.63, 3.8) is 0 Å². The number of benzene rings is 2. The van der Waals surface area contributed by atoms with Crippen LogP contribution in [0.5, 0.6) is 0 Å². The van der Waals surface area contributed by atoms with E-state index in [2.05, 4.69) is 80.6 Å². The van der Waals surface area contributed by atoms with Crippen LogP contribution in [0.2, 0.25) is 0 Å². The van der Waals surface area contributed by atoms with Crippen molar-refractivity contribution < 1.29 is 4.84 Å². The van der Waals surface area contributed by atoms with E-state index in [-0.39, 0.29) is 6.10 Å². The molecule has 1 aromatic heterocycles. The summed E-state index contributed by atoms with van der Waals surface area (Å²) >= 11 is 0. The van der Waals surface area contributed by atoms with Crippen molar-refractivity contribution in [1.29, 1.82) is 0 Å². The topological polar surface area (TPSA) is 41.0 Å². The van der Waals surface area contributed by atoms with E-state index in [1.165, 1.54) is 23.3 Å². The highest BCUT2D eigenvalue weighted by Gasteiger charge is 2.26. The highest BCUT2D eigenvalue weighted by atomic mass is 16.6. The fraction of sp³-hybridized carbons (Fsp3) is 0.379. The van der Waals surface area contributed by atoms with E-state index in [4.69, 9.17) is 4.84 Å². The summed E-state index contributed by atoms with van der Waals surface area (Å²) in [5.74, 6) is 0. The Kier molecular flexibility index (Phi) is 7.64. The third kappa shape index (κ3) is 5.72. The van der Waals surface area contributed by atoms with Gasteiger partial charge in [0.05, 0.1) is 17.4 Å². The van der Waals surface area contributed by atoms with Crippen molar-refractivity contribution in [2.24, 2.45) is 5.16 Å². The summed E-state index contributed by atoms with van der Waals surface area (Å²) in [7, 11) is 0. The standard InChI is InChI=1S/C29H34N4O/c1-3-11-24(12-4-1)29(25-13-5-2-6-14-25)33-21-19-32(20-22-33)18-10-8-15-26-23-28(34-31-26)27-16-7-9-17-30-27/h1-7,9,11-14,16-17,28-29H,8,10,15,18-23H2. The molecular formula is C29H34N4O. The quantitative estimate of drug-likeness (QED) is 0.402. The maximum atomic E-state index is 5.62. The Hall–Kier alpha value is -3.02. The van der Waals surface area contributed by atoms with Crippen LogP contribution in [0.25, 0.3) is 0 Å². The van der Waals surface area contributed by atoms with Gasteiger partial charge in [0.1, 0.15) is 0 Å². The monoisotopic (exact) mass is 454 g/mol. The molecule has 5 heteroatoms. The van der Waals surface area contributed by atoms with E-state index in [0.717, 1.165) is 57.7 Å². The van der Waals surface area contributed by atoms with Gasteiger partial charge in [0.25, 0.3) is 0 Å². The first kappa shape index (κ1) is 22.8. The summed E-state index contributed by atoms with van der Waals surface area (Å²) in [6.07, 6.45) is 6.07. The number of piperazine rings is 1. The van der Waals surface area contributed by atoms with Crippen molar-refractivity contribution in [3.8, 4) is 0 Å². The van der Waals surface area contributed by atoms with E-state index in [1.807, 2.05) is 24.4 Å². The van der Waals surface area contributed by atoms with Crippen molar-refractivity contribution in [2.45, 2.75) is 37.8 Å². The van der Waals surface area contributed by atoms with E-state index < -0.39 is 0 Å². The summed E-state index contributed by atoms with van der Waals surface area (Å²) in [6, 6.07) is 28.1. The predicted molar refractivity (Wildman–Crippen MR) is 137 cm³/mol. The molecule has 0 saturated carbocycles. The number of hydrogen-bond acceptors (Lipinski definition) is 5. The number of oxime groups is 1. The Morgan fingerprint density at radius 3 is 2.12 bits per heavy atom. The van der Waals surface area contributed by atoms with Gasteiger partial charge >= 0.3 is 0 Å². The first-order chi connectivity index (χ1) is 16.9. The maximum Gasteiger partial charge on any atom is 0.174 e. The van der Waals surface area contributed by atoms with Gasteiger partial charge in [0.15, 0.2) is 6.10 Å². The minimum atomic E-state index is -0.00791. The van der Waals surface area contributed by atoms with Gasteiger partial charge in [-0.15, -0.1) is 0 Å². The molecule has 0 bridgehead atoms. The zero-order valence-electron chi connectivity index (χ0n) is 19.8. The summed E-state index contributed by atoms with van der Waals surface area (Å²) < 4.78 is 0. The Balaban J connectivity index is 1.06. The Bertz CT molecular complexity index is 994. The number of pyridine rings is 1. The summed E-state index contributed by atoms with van der Waals surface area (Å²) in [5.41, 5.74) is 4.91. The molecule has 34 heavy (non-hydrogen) atoms. The SMILES string of the molecule is c1ccc(C(c2ccccc2)N2CCN(CCCCC3=NOC(c4ccccn4)C3)CC2)cc1. The normalized spacial score (nSPS) is 19.2. The van der Waals surface area contributed by atoms with Gasteiger partial charge in [-0.25, -0.2) is 0 Å². The highest BCUT2D eigenvalue weighted by Crippen LogP contribution is 2.30. The van der Waals surface area contributed by atoms with Gasteiger partial charge in [0.2, 0.25) is 0 Å². The molecule has 1 fully saturated rings. The van der Waals surface area contributed by atoms with Crippen LogP contribution in [0.15, 0.2) is 90.2 Å². The second kappa shape index (κ2) is 11.4. The molecule has 3 heterocycles. The van der Waals surface area contributed by atoms with Gasteiger partial charge < -0.3 is 9.74 Å². The van der Waals surface area contributed by atoms with Gasteiger partial charge in [-0.1, -0.05) is 71.9 Å². The molecule has 1 unspecified atom stereocenters. The highest BCUT2D eigenvalue weighted by molar-refractivity contribution is 5.85. The Morgan fingerprint density at radius 2 is 1.47 bits per heavy atom. The molecule has 176 valence electrons. The molecular weight excluding hydrogens is 420 g/mol. The fourth-order valence-electron chi connectivity index (χ4n) is 5.09. The van der Waals surface area contributed by atoms with Crippen LogP contribution in [-0.2, 0) is 4.84 Å². The van der Waals surface area contributed by atoms with Gasteiger partial charge in [-0.3, -0.25) is 9.88 Å². The lowest BCUT2D eigenvalue weighted by molar-refractivity contribution is 0.0825. The molecule has 0 spiro atoms. The van der Waals surface area contributed by atoms with E-state index in [1.54, 1.807) is 0 Å². The Labute approximate surface area is 203 Å². The van der Waals surface area contributed by atoms with Crippen LogP contribution in [0, 0.1) is 0 Å². The Morgan fingerprint density at radius 1 is 0.794 bits per heavy atom. The summed E-state index contributed by atoms with van der Waals surface area (Å²) in [5, 5.41) is 4.32. The smallest absolute Gasteiger partial charge is 0.174 e. The molecule has 5 nitrogen and oxygen atoms in total. The van der Waals surface area contributed by atoms with Crippen LogP contribution in [0.4, 0.5) is 0 Å². The number of nitrogens with zero attached hydrogens (tertiary/aromatic N) is 4. The molecule has 1 saturated heterocycles. The van der Waals surface area contributed by atoms with Crippen molar-refractivity contribution in [1.82, 2.24) is 14.8 Å². The lowest BCUT2D eigenvalue weighted by atomic mass is 9.96. The lowest BCUT2D eigenvalue weighted by Crippen LogP contribution is -2.48. The molecule has 2 aliphatic heterocycles. The number of unbranched alkanes of at least 4 members (excludes halogenated alkanes) is 1. The lowest BCUT2D eigenvalue weighted by Gasteiger charge is -2.39. The fourth-order valence-corrected chi connectivity index (χ4v) is 5.09. The third-order valence-corrected chi connectivity index (χ3v) is 6.94. The summed E-state index contributed by atoms with van der Waals surface area (Å²) in [6.45, 7) is 5.61. The van der Waals surface area contributed by atoms with Crippen LogP contribution in [-0.4, -0.2) is 53.2 Å². The van der Waals surface area contributed by atoms with Crippen molar-refractivity contribution >= 4 is 5.71 Å². The van der Waals surface area contributed by atoms with Gasteiger partial charge in [-0.05, 0) is 49.1 Å². The first-order valence-corrected chi connectivity index (χ1v) is 12.6. The van der Waals surface area contributed by atoms with E-state index >= 15 is 0 Å². The molecule has 2 aromatic carbocycles. The largest absolute Gasteiger partial charge is 0.386 e. The summed E-state index contributed by atoms with van der Waals surface area (Å²) in [4.78, 5) is 15.3. The molecule has 0 N–H and O–H groups in total. The minimum Gasteiger partial charge on any atom is -0.386 e. The third-order valence-electron chi connectivity index (χ3n) is 6.94. The number of rotatable bonds is 9. The molecule has 0 aliphatic carbocycles. The van der Waals surface area contributed by atoms with E-state index in [0.29, 0.717) is 6.04 Å². The molecule has 0 amide bonds. The molecule has 1 atom stereocenters. The van der Waals surface area contributed by atoms with Gasteiger partial charge in [0, 0.05) is 38.8 Å². The number of aromatic nitrogens is 1. The molecule has 3 aromatic rings. The van der Waals surface area contributed by atoms with Crippen molar-refractivity contribution in [3.05, 3.63) is 102 Å².